The van der Waals surface area contributed by atoms with Gasteiger partial charge in [0.05, 0.1) is 26.8 Å². The molecule has 3 N–H and O–H groups in total. The number of nitrogens with two attached hydrogens (primary N) is 1. The van der Waals surface area contributed by atoms with Gasteiger partial charge in [-0.1, -0.05) is 18.2 Å². The zero-order chi connectivity index (χ0) is 15.1. The molecule has 2 heterocycles. The van der Waals surface area contributed by atoms with Gasteiger partial charge in [-0.2, -0.15) is 5.10 Å². The maximum Gasteiger partial charge on any atom is 0.153 e. The van der Waals surface area contributed by atoms with Gasteiger partial charge in [0.15, 0.2) is 5.82 Å². The molecule has 0 saturated carbocycles. The van der Waals surface area contributed by atoms with E-state index in [-0.39, 0.29) is 0 Å². The number of benzene rings is 1. The molecule has 21 heavy (non-hydrogen) atoms. The summed E-state index contributed by atoms with van der Waals surface area (Å²) < 4.78 is 0. The predicted octanol–water partition coefficient (Wildman–Crippen LogP) is 4.02. The highest BCUT2D eigenvalue weighted by Gasteiger charge is 2.19. The first-order valence-electron chi connectivity index (χ1n) is 6.83. The molecule has 5 heteroatoms. The van der Waals surface area contributed by atoms with Crippen molar-refractivity contribution in [2.24, 2.45) is 0 Å². The maximum absolute atomic E-state index is 6.10. The molecule has 0 aliphatic heterocycles. The largest absolute Gasteiger partial charge is 0.382 e. The lowest BCUT2D eigenvalue weighted by atomic mass is 9.99. The minimum Gasteiger partial charge on any atom is -0.382 e. The lowest BCUT2D eigenvalue weighted by molar-refractivity contribution is 1.10. The van der Waals surface area contributed by atoms with Gasteiger partial charge in [-0.3, -0.25) is 5.10 Å². The van der Waals surface area contributed by atoms with E-state index in [9.17, 15) is 0 Å². The van der Waals surface area contributed by atoms with Crippen molar-refractivity contribution < 1.29 is 0 Å². The fourth-order valence-electron chi connectivity index (χ4n) is 2.47. The number of thiazole rings is 1. The first-order valence-corrected chi connectivity index (χ1v) is 7.65. The Kier molecular flexibility index (Phi) is 3.29. The molecular formula is C16H18N4S. The van der Waals surface area contributed by atoms with E-state index in [1.807, 2.05) is 13.8 Å². The topological polar surface area (TPSA) is 67.6 Å². The summed E-state index contributed by atoms with van der Waals surface area (Å²) in [5, 5.41) is 8.32. The molecule has 0 bridgehead atoms. The van der Waals surface area contributed by atoms with Crippen LogP contribution in [0.4, 0.5) is 5.82 Å². The van der Waals surface area contributed by atoms with Crippen molar-refractivity contribution in [1.29, 1.82) is 0 Å². The molecule has 3 rings (SSSR count). The average molecular weight is 298 g/mol. The Morgan fingerprint density at radius 3 is 2.48 bits per heavy atom. The normalized spacial score (nSPS) is 11.0. The van der Waals surface area contributed by atoms with Crippen LogP contribution in [-0.2, 0) is 0 Å². The average Bonchev–Trinajstić information content (AvgIpc) is 2.95. The lowest BCUT2D eigenvalue weighted by Crippen LogP contribution is -1.90. The molecule has 0 atom stereocenters. The van der Waals surface area contributed by atoms with E-state index in [4.69, 9.17) is 5.73 Å². The number of nitrogens with one attached hydrogen (secondary N) is 1. The van der Waals surface area contributed by atoms with Gasteiger partial charge in [-0.05, 0) is 44.4 Å². The van der Waals surface area contributed by atoms with Crippen LogP contribution in [0.15, 0.2) is 18.2 Å². The third kappa shape index (κ3) is 2.34. The smallest absolute Gasteiger partial charge is 0.153 e. The lowest BCUT2D eigenvalue weighted by Gasteiger charge is -2.07. The summed E-state index contributed by atoms with van der Waals surface area (Å²) in [6, 6.07) is 6.37. The number of aromatic nitrogens is 3. The van der Waals surface area contributed by atoms with Gasteiger partial charge < -0.3 is 5.73 Å². The fourth-order valence-corrected chi connectivity index (χ4v) is 3.39. The number of aryl methyl sites for hydroxylation is 4. The van der Waals surface area contributed by atoms with Gasteiger partial charge in [-0.15, -0.1) is 11.3 Å². The quantitative estimate of drug-likeness (QED) is 0.751. The zero-order valence-corrected chi connectivity index (χ0v) is 13.4. The van der Waals surface area contributed by atoms with Crippen molar-refractivity contribution in [3.8, 4) is 21.7 Å². The van der Waals surface area contributed by atoms with Crippen molar-refractivity contribution in [3.63, 3.8) is 0 Å². The molecule has 0 spiro atoms. The van der Waals surface area contributed by atoms with E-state index in [0.29, 0.717) is 5.82 Å². The van der Waals surface area contributed by atoms with Crippen LogP contribution in [0.25, 0.3) is 21.7 Å². The second-order valence-corrected chi connectivity index (χ2v) is 6.51. The second-order valence-electron chi connectivity index (χ2n) is 5.31. The number of aromatic amines is 1. The molecule has 0 fully saturated rings. The van der Waals surface area contributed by atoms with Gasteiger partial charge in [0.1, 0.15) is 0 Å². The Labute approximate surface area is 128 Å². The SMILES string of the molecule is Cc1nc(C)c(-c2[nH]nc(N)c2-c2ccc(C)c(C)c2)s1. The summed E-state index contributed by atoms with van der Waals surface area (Å²) in [7, 11) is 0. The first-order chi connectivity index (χ1) is 9.97. The maximum atomic E-state index is 6.10. The van der Waals surface area contributed by atoms with Crippen LogP contribution < -0.4 is 5.73 Å². The molecule has 4 nitrogen and oxygen atoms in total. The van der Waals surface area contributed by atoms with Crippen LogP contribution in [-0.4, -0.2) is 15.2 Å². The van der Waals surface area contributed by atoms with Gasteiger partial charge in [0.25, 0.3) is 0 Å². The fraction of sp³-hybridized carbons (Fsp3) is 0.250. The molecule has 0 amide bonds. The number of hydrogen-bond donors (Lipinski definition) is 2. The van der Waals surface area contributed by atoms with Gasteiger partial charge in [-0.25, -0.2) is 4.98 Å². The number of rotatable bonds is 2. The van der Waals surface area contributed by atoms with Gasteiger partial charge in [0.2, 0.25) is 0 Å². The number of H-pyrrole nitrogens is 1. The summed E-state index contributed by atoms with van der Waals surface area (Å²) in [6.45, 7) is 8.24. The molecule has 2 aromatic heterocycles. The molecule has 0 aliphatic rings. The zero-order valence-electron chi connectivity index (χ0n) is 12.6. The van der Waals surface area contributed by atoms with Crippen LogP contribution >= 0.6 is 11.3 Å². The van der Waals surface area contributed by atoms with E-state index in [1.54, 1.807) is 11.3 Å². The van der Waals surface area contributed by atoms with E-state index in [2.05, 4.69) is 47.2 Å². The summed E-state index contributed by atoms with van der Waals surface area (Å²) in [5.41, 5.74) is 12.6. The molecule has 1 aromatic carbocycles. The Morgan fingerprint density at radius 2 is 1.86 bits per heavy atom. The number of anilines is 1. The first kappa shape index (κ1) is 13.8. The molecule has 0 saturated heterocycles. The van der Waals surface area contributed by atoms with Crippen LogP contribution in [0.1, 0.15) is 21.8 Å². The van der Waals surface area contributed by atoms with E-state index < -0.39 is 0 Å². The van der Waals surface area contributed by atoms with E-state index in [0.717, 1.165) is 32.4 Å². The van der Waals surface area contributed by atoms with Crippen molar-refractivity contribution in [1.82, 2.24) is 15.2 Å². The minimum atomic E-state index is 0.527. The van der Waals surface area contributed by atoms with Crippen molar-refractivity contribution in [2.45, 2.75) is 27.7 Å². The van der Waals surface area contributed by atoms with Crippen molar-refractivity contribution in [2.75, 3.05) is 5.73 Å². The van der Waals surface area contributed by atoms with E-state index >= 15 is 0 Å². The van der Waals surface area contributed by atoms with Gasteiger partial charge >= 0.3 is 0 Å². The Bertz CT molecular complexity index is 814. The molecule has 0 aliphatic carbocycles. The molecular weight excluding hydrogens is 280 g/mol. The van der Waals surface area contributed by atoms with Crippen LogP contribution in [0.3, 0.4) is 0 Å². The summed E-state index contributed by atoms with van der Waals surface area (Å²) in [4.78, 5) is 5.59. The third-order valence-electron chi connectivity index (χ3n) is 3.72. The molecule has 108 valence electrons. The van der Waals surface area contributed by atoms with Crippen LogP contribution in [0.2, 0.25) is 0 Å². The highest BCUT2D eigenvalue weighted by atomic mass is 32.1. The number of hydrogen-bond acceptors (Lipinski definition) is 4. The summed E-state index contributed by atoms with van der Waals surface area (Å²) in [6.07, 6.45) is 0. The van der Waals surface area contributed by atoms with Crippen molar-refractivity contribution >= 4 is 17.2 Å². The van der Waals surface area contributed by atoms with Crippen LogP contribution in [0, 0.1) is 27.7 Å². The Hall–Kier alpha value is -2.14. The van der Waals surface area contributed by atoms with Crippen molar-refractivity contribution in [3.05, 3.63) is 40.0 Å². The molecule has 0 unspecified atom stereocenters. The number of nitrogen functional groups attached to an aromatic ring is 1. The highest BCUT2D eigenvalue weighted by Crippen LogP contribution is 2.39. The summed E-state index contributed by atoms with van der Waals surface area (Å²) >= 11 is 1.66. The monoisotopic (exact) mass is 298 g/mol. The number of nitrogens with zero attached hydrogens (tertiary/aromatic N) is 2. The summed E-state index contributed by atoms with van der Waals surface area (Å²) in [5.74, 6) is 0.527. The molecule has 3 aromatic rings. The predicted molar refractivity (Wildman–Crippen MR) is 88.5 cm³/mol. The second kappa shape index (κ2) is 5.00. The van der Waals surface area contributed by atoms with E-state index in [1.165, 1.54) is 11.1 Å². The third-order valence-corrected chi connectivity index (χ3v) is 4.81. The standard InChI is InChI=1S/C16H18N4S/c1-8-5-6-12(7-9(8)2)13-14(19-20-16(13)17)15-10(3)18-11(4)21-15/h5-7H,1-4H3,(H3,17,19,20). The highest BCUT2D eigenvalue weighted by molar-refractivity contribution is 7.15. The molecule has 0 radical (unpaired) electrons. The van der Waals surface area contributed by atoms with Gasteiger partial charge in [0, 0.05) is 0 Å². The van der Waals surface area contributed by atoms with Crippen LogP contribution in [0.5, 0.6) is 0 Å². The Morgan fingerprint density at radius 1 is 1.10 bits per heavy atom. The minimum absolute atomic E-state index is 0.527. The Balaban J connectivity index is 2.21.